The number of aliphatic carboxylic acids is 1. The molecule has 0 aliphatic heterocycles. The van der Waals surface area contributed by atoms with E-state index in [9.17, 15) is 18.0 Å². The summed E-state index contributed by atoms with van der Waals surface area (Å²) in [6, 6.07) is 5.80. The summed E-state index contributed by atoms with van der Waals surface area (Å²) in [6.07, 6.45) is 0. The van der Waals surface area contributed by atoms with E-state index in [1.165, 1.54) is 31.3 Å². The van der Waals surface area contributed by atoms with Gasteiger partial charge in [-0.15, -0.1) is 0 Å². The molecule has 0 unspecified atom stereocenters. The van der Waals surface area contributed by atoms with E-state index in [1.807, 2.05) is 0 Å². The fourth-order valence-electron chi connectivity index (χ4n) is 1.29. The first kappa shape index (κ1) is 15.9. The van der Waals surface area contributed by atoms with Gasteiger partial charge in [0.05, 0.1) is 11.4 Å². The molecule has 20 heavy (non-hydrogen) atoms. The van der Waals surface area contributed by atoms with Gasteiger partial charge in [0.15, 0.2) is 0 Å². The summed E-state index contributed by atoms with van der Waals surface area (Å²) in [7, 11) is -2.17. The van der Waals surface area contributed by atoms with Crippen LogP contribution in [0.2, 0.25) is 0 Å². The van der Waals surface area contributed by atoms with Crippen LogP contribution in [0.5, 0.6) is 0 Å². The lowest BCUT2D eigenvalue weighted by atomic mass is 10.3. The number of sulfonamides is 1. The smallest absolute Gasteiger partial charge is 0.322 e. The number of nitrogens with one attached hydrogen (secondary N) is 3. The summed E-state index contributed by atoms with van der Waals surface area (Å²) < 4.78 is 25.1. The van der Waals surface area contributed by atoms with Crippen molar-refractivity contribution in [1.82, 2.24) is 10.0 Å². The Bertz CT molecular complexity index is 583. The van der Waals surface area contributed by atoms with Crippen LogP contribution in [0.15, 0.2) is 29.2 Å². The van der Waals surface area contributed by atoms with E-state index in [1.54, 1.807) is 0 Å². The van der Waals surface area contributed by atoms with Crippen LogP contribution in [0.25, 0.3) is 0 Å². The standard InChI is InChI=1S/C11H15N3O5S/c1-12-20(18,19)9-4-2-8(3-5-9)13-6-10(15)14-7-11(16)17/h2-5,12-13H,6-7H2,1H3,(H,14,15)(H,16,17). The molecular weight excluding hydrogens is 286 g/mol. The molecule has 8 nitrogen and oxygen atoms in total. The molecule has 1 aromatic carbocycles. The number of hydrogen-bond donors (Lipinski definition) is 4. The van der Waals surface area contributed by atoms with Crippen molar-refractivity contribution in [3.05, 3.63) is 24.3 Å². The molecule has 4 N–H and O–H groups in total. The first-order valence-electron chi connectivity index (χ1n) is 5.61. The number of rotatable bonds is 7. The highest BCUT2D eigenvalue weighted by Gasteiger charge is 2.10. The largest absolute Gasteiger partial charge is 0.480 e. The Labute approximate surface area is 116 Å². The van der Waals surface area contributed by atoms with Crippen LogP contribution in [-0.2, 0) is 19.6 Å². The monoisotopic (exact) mass is 301 g/mol. The van der Waals surface area contributed by atoms with Gasteiger partial charge in [0.2, 0.25) is 15.9 Å². The average molecular weight is 301 g/mol. The van der Waals surface area contributed by atoms with Crippen molar-refractivity contribution in [1.29, 1.82) is 0 Å². The average Bonchev–Trinajstić information content (AvgIpc) is 2.43. The van der Waals surface area contributed by atoms with Crippen molar-refractivity contribution in [2.45, 2.75) is 4.90 Å². The second-order valence-corrected chi connectivity index (χ2v) is 5.64. The van der Waals surface area contributed by atoms with Crippen LogP contribution >= 0.6 is 0 Å². The normalized spacial score (nSPS) is 10.8. The minimum absolute atomic E-state index is 0.106. The van der Waals surface area contributed by atoms with Crippen LogP contribution in [0.3, 0.4) is 0 Å². The van der Waals surface area contributed by atoms with Crippen molar-refractivity contribution >= 4 is 27.6 Å². The van der Waals surface area contributed by atoms with Gasteiger partial charge < -0.3 is 15.7 Å². The van der Waals surface area contributed by atoms with E-state index >= 15 is 0 Å². The minimum Gasteiger partial charge on any atom is -0.480 e. The lowest BCUT2D eigenvalue weighted by molar-refractivity contribution is -0.137. The lowest BCUT2D eigenvalue weighted by Gasteiger charge is -2.07. The molecule has 1 rings (SSSR count). The summed E-state index contributed by atoms with van der Waals surface area (Å²) in [4.78, 5) is 21.6. The first-order chi connectivity index (χ1) is 9.35. The van der Waals surface area contributed by atoms with Crippen LogP contribution in [0, 0.1) is 0 Å². The van der Waals surface area contributed by atoms with Gasteiger partial charge in [-0.1, -0.05) is 0 Å². The van der Waals surface area contributed by atoms with Crippen LogP contribution < -0.4 is 15.4 Å². The second kappa shape index (κ2) is 6.87. The minimum atomic E-state index is -3.49. The van der Waals surface area contributed by atoms with Crippen molar-refractivity contribution in [2.24, 2.45) is 0 Å². The zero-order valence-corrected chi connectivity index (χ0v) is 11.5. The first-order valence-corrected chi connectivity index (χ1v) is 7.09. The summed E-state index contributed by atoms with van der Waals surface area (Å²) >= 11 is 0. The molecule has 0 heterocycles. The van der Waals surface area contributed by atoms with Gasteiger partial charge in [-0.05, 0) is 31.3 Å². The third kappa shape index (κ3) is 4.86. The number of carbonyl (C=O) groups is 2. The van der Waals surface area contributed by atoms with Gasteiger partial charge in [0, 0.05) is 5.69 Å². The highest BCUT2D eigenvalue weighted by molar-refractivity contribution is 7.89. The number of hydrogen-bond acceptors (Lipinski definition) is 5. The Morgan fingerprint density at radius 3 is 2.25 bits per heavy atom. The number of carbonyl (C=O) groups excluding carboxylic acids is 1. The molecule has 0 atom stereocenters. The molecule has 1 aromatic rings. The van der Waals surface area contributed by atoms with E-state index in [0.717, 1.165) is 0 Å². The maximum absolute atomic E-state index is 11.5. The Balaban J connectivity index is 2.54. The summed E-state index contributed by atoms with van der Waals surface area (Å²) in [6.45, 7) is -0.550. The Morgan fingerprint density at radius 2 is 1.75 bits per heavy atom. The van der Waals surface area contributed by atoms with Crippen LogP contribution in [-0.4, -0.2) is 45.5 Å². The SMILES string of the molecule is CNS(=O)(=O)c1ccc(NCC(=O)NCC(=O)O)cc1. The number of amides is 1. The summed E-state index contributed by atoms with van der Waals surface area (Å²) in [5.41, 5.74) is 0.547. The molecule has 0 saturated heterocycles. The van der Waals surface area contributed by atoms with Crippen molar-refractivity contribution in [3.8, 4) is 0 Å². The number of carboxylic acid groups (broad SMARTS) is 1. The quantitative estimate of drug-likeness (QED) is 0.523. The number of anilines is 1. The Morgan fingerprint density at radius 1 is 1.15 bits per heavy atom. The van der Waals surface area contributed by atoms with Gasteiger partial charge in [-0.25, -0.2) is 13.1 Å². The van der Waals surface area contributed by atoms with E-state index in [4.69, 9.17) is 5.11 Å². The zero-order chi connectivity index (χ0) is 15.2. The van der Waals surface area contributed by atoms with Crippen molar-refractivity contribution < 1.29 is 23.1 Å². The van der Waals surface area contributed by atoms with Crippen molar-refractivity contribution in [2.75, 3.05) is 25.5 Å². The fourth-order valence-corrected chi connectivity index (χ4v) is 2.02. The highest BCUT2D eigenvalue weighted by Crippen LogP contribution is 2.13. The summed E-state index contributed by atoms with van der Waals surface area (Å²) in [5, 5.41) is 13.3. The zero-order valence-electron chi connectivity index (χ0n) is 10.7. The second-order valence-electron chi connectivity index (χ2n) is 3.76. The molecule has 0 spiro atoms. The highest BCUT2D eigenvalue weighted by atomic mass is 32.2. The molecule has 1 amide bonds. The topological polar surface area (TPSA) is 125 Å². The van der Waals surface area contributed by atoms with Gasteiger partial charge in [0.25, 0.3) is 0 Å². The van der Waals surface area contributed by atoms with E-state index in [-0.39, 0.29) is 11.4 Å². The van der Waals surface area contributed by atoms with Gasteiger partial charge in [-0.2, -0.15) is 0 Å². The molecule has 0 saturated carbocycles. The predicted molar refractivity (Wildman–Crippen MR) is 71.8 cm³/mol. The number of carboxylic acids is 1. The van der Waals surface area contributed by atoms with Crippen LogP contribution in [0.1, 0.15) is 0 Å². The van der Waals surface area contributed by atoms with Crippen molar-refractivity contribution in [3.63, 3.8) is 0 Å². The molecule has 0 aliphatic carbocycles. The molecule has 0 aromatic heterocycles. The van der Waals surface area contributed by atoms with E-state index in [2.05, 4.69) is 15.4 Å². The molecule has 9 heteroatoms. The van der Waals surface area contributed by atoms with Crippen LogP contribution in [0.4, 0.5) is 5.69 Å². The van der Waals surface area contributed by atoms with E-state index in [0.29, 0.717) is 5.69 Å². The molecule has 110 valence electrons. The third-order valence-corrected chi connectivity index (χ3v) is 3.75. The maximum atomic E-state index is 11.5. The van der Waals surface area contributed by atoms with Gasteiger partial charge >= 0.3 is 5.97 Å². The number of benzene rings is 1. The van der Waals surface area contributed by atoms with Gasteiger partial charge in [0.1, 0.15) is 6.54 Å². The van der Waals surface area contributed by atoms with Gasteiger partial charge in [-0.3, -0.25) is 9.59 Å². The molecular formula is C11H15N3O5S. The Kier molecular flexibility index (Phi) is 5.47. The molecule has 0 aliphatic rings. The third-order valence-electron chi connectivity index (χ3n) is 2.32. The lowest BCUT2D eigenvalue weighted by Crippen LogP contribution is -2.33. The Hall–Kier alpha value is -2.13. The molecule has 0 bridgehead atoms. The predicted octanol–water partition coefficient (Wildman–Crippen LogP) is -0.793. The molecule has 0 radical (unpaired) electrons. The maximum Gasteiger partial charge on any atom is 0.322 e. The molecule has 0 fully saturated rings. The van der Waals surface area contributed by atoms with E-state index < -0.39 is 28.4 Å². The summed E-state index contributed by atoms with van der Waals surface area (Å²) in [5.74, 6) is -1.60. The fraction of sp³-hybridized carbons (Fsp3) is 0.273.